The van der Waals surface area contributed by atoms with E-state index in [1.807, 2.05) is 12.3 Å². The molecule has 0 aromatic carbocycles. The molecule has 122 valence electrons. The smallest absolute Gasteiger partial charge is 0.259 e. The lowest BCUT2D eigenvalue weighted by Gasteiger charge is -2.06. The molecule has 0 aliphatic carbocycles. The molecule has 3 heterocycles. The lowest BCUT2D eigenvalue weighted by atomic mass is 10.3. The van der Waals surface area contributed by atoms with Gasteiger partial charge in [-0.3, -0.25) is 4.40 Å². The van der Waals surface area contributed by atoms with E-state index in [9.17, 15) is 8.42 Å². The highest BCUT2D eigenvalue weighted by Gasteiger charge is 2.24. The first kappa shape index (κ1) is 16.8. The summed E-state index contributed by atoms with van der Waals surface area (Å²) in [6.07, 6.45) is 2.13. The maximum atomic E-state index is 12.5. The number of imidazole rings is 1. The van der Waals surface area contributed by atoms with Crippen molar-refractivity contribution < 1.29 is 8.42 Å². The van der Waals surface area contributed by atoms with Gasteiger partial charge in [0.1, 0.15) is 5.65 Å². The molecular weight excluding hydrogens is 424 g/mol. The van der Waals surface area contributed by atoms with Crippen LogP contribution in [-0.2, 0) is 16.4 Å². The Morgan fingerprint density at radius 3 is 2.87 bits per heavy atom. The summed E-state index contributed by atoms with van der Waals surface area (Å²) in [4.78, 5) is 8.37. The largest absolute Gasteiger partial charge is 0.287 e. The molecule has 3 rings (SSSR count). The standard InChI is InChI=1S/C13H12BrClN4O2S2/c1-8-17-10(7-22-8)4-5-16-23(20,21)13-12(15)18-11-3-2-9(14)6-19(11)13/h2-3,6-7,16H,4-5H2,1H3. The van der Waals surface area contributed by atoms with Gasteiger partial charge in [-0.05, 0) is 35.0 Å². The van der Waals surface area contributed by atoms with Crippen LogP contribution in [0.2, 0.25) is 5.15 Å². The number of hydrogen-bond acceptors (Lipinski definition) is 5. The molecule has 0 atom stereocenters. The second kappa shape index (κ2) is 6.48. The quantitative estimate of drug-likeness (QED) is 0.668. The Kier molecular flexibility index (Phi) is 4.75. The van der Waals surface area contributed by atoms with Gasteiger partial charge in [-0.25, -0.2) is 23.1 Å². The van der Waals surface area contributed by atoms with Crippen LogP contribution in [-0.4, -0.2) is 29.3 Å². The summed E-state index contributed by atoms with van der Waals surface area (Å²) in [6, 6.07) is 3.46. The third-order valence-corrected chi connectivity index (χ3v) is 6.24. The summed E-state index contributed by atoms with van der Waals surface area (Å²) in [5.74, 6) is 0. The average Bonchev–Trinajstić information content (AvgIpc) is 3.01. The monoisotopic (exact) mass is 434 g/mol. The van der Waals surface area contributed by atoms with Crippen molar-refractivity contribution in [3.8, 4) is 0 Å². The minimum Gasteiger partial charge on any atom is -0.287 e. The number of nitrogens with one attached hydrogen (secondary N) is 1. The molecule has 0 fully saturated rings. The first-order chi connectivity index (χ1) is 10.9. The Morgan fingerprint density at radius 1 is 1.39 bits per heavy atom. The highest BCUT2D eigenvalue weighted by Crippen LogP contribution is 2.24. The van der Waals surface area contributed by atoms with E-state index in [2.05, 4.69) is 30.6 Å². The van der Waals surface area contributed by atoms with Crippen molar-refractivity contribution in [2.45, 2.75) is 18.4 Å². The zero-order valence-electron chi connectivity index (χ0n) is 12.0. The first-order valence-corrected chi connectivity index (χ1v) is 10.1. The lowest BCUT2D eigenvalue weighted by molar-refractivity contribution is 0.576. The van der Waals surface area contributed by atoms with Gasteiger partial charge < -0.3 is 0 Å². The van der Waals surface area contributed by atoms with Gasteiger partial charge >= 0.3 is 0 Å². The van der Waals surface area contributed by atoms with Crippen LogP contribution < -0.4 is 4.72 Å². The van der Waals surface area contributed by atoms with Gasteiger partial charge in [0, 0.05) is 29.0 Å². The number of hydrogen-bond donors (Lipinski definition) is 1. The molecule has 0 radical (unpaired) electrons. The average molecular weight is 436 g/mol. The van der Waals surface area contributed by atoms with E-state index >= 15 is 0 Å². The summed E-state index contributed by atoms with van der Waals surface area (Å²) in [7, 11) is -3.78. The zero-order valence-corrected chi connectivity index (χ0v) is 15.9. The molecule has 6 nitrogen and oxygen atoms in total. The van der Waals surface area contributed by atoms with Crippen LogP contribution in [0.5, 0.6) is 0 Å². The molecule has 1 N–H and O–H groups in total. The number of rotatable bonds is 5. The van der Waals surface area contributed by atoms with Crippen LogP contribution in [0.25, 0.3) is 5.65 Å². The SMILES string of the molecule is Cc1nc(CCNS(=O)(=O)c2c(Cl)nc3ccc(Br)cn23)cs1. The van der Waals surface area contributed by atoms with Crippen molar-refractivity contribution in [1.29, 1.82) is 0 Å². The first-order valence-electron chi connectivity index (χ1n) is 6.60. The van der Waals surface area contributed by atoms with Crippen LogP contribution in [0, 0.1) is 6.92 Å². The Hall–Kier alpha value is -1.000. The number of pyridine rings is 1. The molecular formula is C13H12BrClN4O2S2. The van der Waals surface area contributed by atoms with Gasteiger partial charge in [0.2, 0.25) is 0 Å². The Balaban J connectivity index is 1.84. The molecule has 0 spiro atoms. The fourth-order valence-electron chi connectivity index (χ4n) is 2.11. The molecule has 0 aliphatic heterocycles. The number of halogens is 2. The van der Waals surface area contributed by atoms with Gasteiger partial charge in [0.15, 0.2) is 10.2 Å². The molecule has 0 amide bonds. The number of nitrogens with zero attached hydrogens (tertiary/aromatic N) is 3. The van der Waals surface area contributed by atoms with E-state index in [1.165, 1.54) is 15.7 Å². The van der Waals surface area contributed by atoms with Crippen molar-refractivity contribution >= 4 is 54.5 Å². The molecule has 10 heteroatoms. The number of aromatic nitrogens is 3. The lowest BCUT2D eigenvalue weighted by Crippen LogP contribution is -2.27. The van der Waals surface area contributed by atoms with Crippen LogP contribution in [0.3, 0.4) is 0 Å². The molecule has 0 saturated heterocycles. The van der Waals surface area contributed by atoms with Crippen LogP contribution >= 0.6 is 38.9 Å². The van der Waals surface area contributed by atoms with Crippen molar-refractivity contribution in [3.63, 3.8) is 0 Å². The third-order valence-electron chi connectivity index (χ3n) is 3.09. The van der Waals surface area contributed by atoms with E-state index in [4.69, 9.17) is 11.6 Å². The van der Waals surface area contributed by atoms with Crippen LogP contribution in [0.4, 0.5) is 0 Å². The van der Waals surface area contributed by atoms with Crippen molar-refractivity contribution in [2.75, 3.05) is 6.54 Å². The molecule has 3 aromatic rings. The predicted octanol–water partition coefficient (Wildman–Crippen LogP) is 3.04. The van der Waals surface area contributed by atoms with E-state index in [-0.39, 0.29) is 16.7 Å². The summed E-state index contributed by atoms with van der Waals surface area (Å²) in [5.41, 5.74) is 1.33. The van der Waals surface area contributed by atoms with Gasteiger partial charge in [-0.1, -0.05) is 11.6 Å². The number of sulfonamides is 1. The third kappa shape index (κ3) is 3.58. The predicted molar refractivity (Wildman–Crippen MR) is 93.6 cm³/mol. The van der Waals surface area contributed by atoms with E-state index in [0.717, 1.165) is 15.2 Å². The van der Waals surface area contributed by atoms with E-state index in [0.29, 0.717) is 12.1 Å². The van der Waals surface area contributed by atoms with Crippen LogP contribution in [0.1, 0.15) is 10.7 Å². The second-order valence-electron chi connectivity index (χ2n) is 4.79. The summed E-state index contributed by atoms with van der Waals surface area (Å²) in [5, 5.41) is 2.75. The molecule has 23 heavy (non-hydrogen) atoms. The normalized spacial score (nSPS) is 12.1. The number of thiazole rings is 1. The minimum absolute atomic E-state index is 0.0555. The fourth-order valence-corrected chi connectivity index (χ4v) is 4.76. The van der Waals surface area contributed by atoms with Gasteiger partial charge in [-0.15, -0.1) is 11.3 Å². The molecule has 0 bridgehead atoms. The Morgan fingerprint density at radius 2 is 2.17 bits per heavy atom. The highest BCUT2D eigenvalue weighted by molar-refractivity contribution is 9.10. The van der Waals surface area contributed by atoms with E-state index in [1.54, 1.807) is 18.3 Å². The summed E-state index contributed by atoms with van der Waals surface area (Å²) < 4.78 is 29.8. The number of aryl methyl sites for hydroxylation is 1. The maximum Gasteiger partial charge on any atom is 0.259 e. The van der Waals surface area contributed by atoms with E-state index < -0.39 is 10.0 Å². The topological polar surface area (TPSA) is 76.4 Å². The van der Waals surface area contributed by atoms with Gasteiger partial charge in [0.25, 0.3) is 10.0 Å². The second-order valence-corrected chi connectivity index (χ2v) is 8.81. The molecule has 3 aromatic heterocycles. The Labute approximate surface area is 150 Å². The van der Waals surface area contributed by atoms with Crippen molar-refractivity contribution in [1.82, 2.24) is 19.1 Å². The molecule has 0 saturated carbocycles. The minimum atomic E-state index is -3.78. The molecule has 0 unspecified atom stereocenters. The zero-order chi connectivity index (χ0) is 16.6. The fraction of sp³-hybridized carbons (Fsp3) is 0.231. The Bertz CT molecular complexity index is 968. The van der Waals surface area contributed by atoms with Crippen molar-refractivity contribution in [3.05, 3.63) is 44.0 Å². The van der Waals surface area contributed by atoms with Crippen molar-refractivity contribution in [2.24, 2.45) is 0 Å². The van der Waals surface area contributed by atoms with Gasteiger partial charge in [0.05, 0.1) is 10.7 Å². The molecule has 0 aliphatic rings. The summed E-state index contributed by atoms with van der Waals surface area (Å²) >= 11 is 10.9. The summed E-state index contributed by atoms with van der Waals surface area (Å²) in [6.45, 7) is 2.15. The highest BCUT2D eigenvalue weighted by atomic mass is 79.9. The maximum absolute atomic E-state index is 12.5. The number of fused-ring (bicyclic) bond motifs is 1. The van der Waals surface area contributed by atoms with Crippen LogP contribution in [0.15, 0.2) is 33.2 Å². The van der Waals surface area contributed by atoms with Gasteiger partial charge in [-0.2, -0.15) is 0 Å².